The first-order chi connectivity index (χ1) is 6.77. The van der Waals surface area contributed by atoms with Gasteiger partial charge in [-0.2, -0.15) is 0 Å². The molecule has 0 bridgehead atoms. The Kier molecular flexibility index (Phi) is 4.40. The number of rotatable bonds is 5. The fourth-order valence-corrected chi connectivity index (χ4v) is 2.01. The molecule has 0 spiro atoms. The van der Waals surface area contributed by atoms with E-state index in [4.69, 9.17) is 10.5 Å². The Morgan fingerprint density at radius 1 is 1.57 bits per heavy atom. The van der Waals surface area contributed by atoms with Gasteiger partial charge in [-0.05, 0) is 18.6 Å². The van der Waals surface area contributed by atoms with Crippen LogP contribution in [0.2, 0.25) is 0 Å². The molecule has 0 fully saturated rings. The average molecular weight is 209 g/mol. The smallest absolute Gasteiger partial charge is 0.134 e. The maximum absolute atomic E-state index is 5.65. The van der Waals surface area contributed by atoms with Crippen LogP contribution in [0.5, 0.6) is 5.75 Å². The number of anilines is 1. The van der Waals surface area contributed by atoms with Crippen molar-refractivity contribution in [3.63, 3.8) is 0 Å². The van der Waals surface area contributed by atoms with Crippen LogP contribution < -0.4 is 10.5 Å². The van der Waals surface area contributed by atoms with Crippen molar-refractivity contribution >= 4 is 17.4 Å². The molecule has 0 unspecified atom stereocenters. The Morgan fingerprint density at radius 3 is 3.00 bits per heavy atom. The number of nitrogens with two attached hydrogens (primary N) is 1. The van der Waals surface area contributed by atoms with Crippen molar-refractivity contribution in [1.29, 1.82) is 0 Å². The Labute approximate surface area is 89.1 Å². The number of nitrogen functional groups attached to an aromatic ring is 1. The quantitative estimate of drug-likeness (QED) is 0.350. The minimum atomic E-state index is 0.731. The lowest BCUT2D eigenvalue weighted by molar-refractivity contribution is 0.405. The van der Waals surface area contributed by atoms with Gasteiger partial charge in [0, 0.05) is 22.4 Å². The van der Waals surface area contributed by atoms with Gasteiger partial charge in [-0.15, -0.1) is 18.3 Å². The zero-order chi connectivity index (χ0) is 10.4. The van der Waals surface area contributed by atoms with Crippen LogP contribution in [0.1, 0.15) is 6.42 Å². The molecule has 0 radical (unpaired) electrons. The lowest BCUT2D eigenvalue weighted by atomic mass is 10.3. The van der Waals surface area contributed by atoms with E-state index in [1.54, 1.807) is 18.9 Å². The summed E-state index contributed by atoms with van der Waals surface area (Å²) in [5, 5.41) is 0. The summed E-state index contributed by atoms with van der Waals surface area (Å²) in [6.45, 7) is 3.68. The molecule has 1 rings (SSSR count). The minimum Gasteiger partial charge on any atom is -0.496 e. The molecule has 0 aliphatic rings. The Morgan fingerprint density at radius 2 is 2.36 bits per heavy atom. The highest BCUT2D eigenvalue weighted by Crippen LogP contribution is 2.31. The van der Waals surface area contributed by atoms with E-state index in [-0.39, 0.29) is 0 Å². The first kappa shape index (κ1) is 11.0. The molecule has 0 saturated carbocycles. The molecule has 14 heavy (non-hydrogen) atoms. The van der Waals surface area contributed by atoms with Gasteiger partial charge in [-0.3, -0.25) is 0 Å². The third-order valence-electron chi connectivity index (χ3n) is 1.77. The summed E-state index contributed by atoms with van der Waals surface area (Å²) >= 11 is 1.75. The van der Waals surface area contributed by atoms with Gasteiger partial charge in [0.1, 0.15) is 5.75 Å². The van der Waals surface area contributed by atoms with Crippen molar-refractivity contribution < 1.29 is 4.74 Å². The van der Waals surface area contributed by atoms with Crippen LogP contribution in [-0.4, -0.2) is 12.9 Å². The lowest BCUT2D eigenvalue weighted by Gasteiger charge is -2.07. The summed E-state index contributed by atoms with van der Waals surface area (Å²) in [5.41, 5.74) is 6.38. The van der Waals surface area contributed by atoms with E-state index in [9.17, 15) is 0 Å². The van der Waals surface area contributed by atoms with Crippen molar-refractivity contribution in [1.82, 2.24) is 0 Å². The maximum Gasteiger partial charge on any atom is 0.134 e. The highest BCUT2D eigenvalue weighted by Gasteiger charge is 2.02. The van der Waals surface area contributed by atoms with E-state index >= 15 is 0 Å². The van der Waals surface area contributed by atoms with Crippen LogP contribution in [0, 0.1) is 0 Å². The number of thioether (sulfide) groups is 1. The van der Waals surface area contributed by atoms with Crippen LogP contribution in [0.15, 0.2) is 35.7 Å². The summed E-state index contributed by atoms with van der Waals surface area (Å²) in [7, 11) is 1.66. The highest BCUT2D eigenvalue weighted by molar-refractivity contribution is 7.99. The van der Waals surface area contributed by atoms with Crippen LogP contribution in [0.3, 0.4) is 0 Å². The molecule has 2 N–H and O–H groups in total. The number of methoxy groups -OCH3 is 1. The normalized spacial score (nSPS) is 9.79. The lowest BCUT2D eigenvalue weighted by Crippen LogP contribution is -1.90. The SMILES string of the molecule is C=CCCSc1ccc(N)cc1OC. The molecule has 0 aromatic heterocycles. The second-order valence-electron chi connectivity index (χ2n) is 2.84. The van der Waals surface area contributed by atoms with E-state index in [2.05, 4.69) is 6.58 Å². The number of benzene rings is 1. The molecule has 0 aliphatic heterocycles. The van der Waals surface area contributed by atoms with Gasteiger partial charge in [0.15, 0.2) is 0 Å². The maximum atomic E-state index is 5.65. The summed E-state index contributed by atoms with van der Waals surface area (Å²) in [4.78, 5) is 1.13. The third kappa shape index (κ3) is 3.00. The molecule has 76 valence electrons. The molecule has 2 nitrogen and oxygen atoms in total. The molecule has 0 saturated heterocycles. The molecule has 0 atom stereocenters. The Bertz CT molecular complexity index is 312. The van der Waals surface area contributed by atoms with Gasteiger partial charge in [0.25, 0.3) is 0 Å². The number of hydrogen-bond acceptors (Lipinski definition) is 3. The summed E-state index contributed by atoms with van der Waals surface area (Å²) < 4.78 is 5.23. The second-order valence-corrected chi connectivity index (χ2v) is 3.97. The van der Waals surface area contributed by atoms with Crippen LogP contribution in [-0.2, 0) is 0 Å². The summed E-state index contributed by atoms with van der Waals surface area (Å²) in [5.74, 6) is 1.86. The largest absolute Gasteiger partial charge is 0.496 e. The van der Waals surface area contributed by atoms with Crippen molar-refractivity contribution in [2.75, 3.05) is 18.6 Å². The molecule has 1 aromatic rings. The van der Waals surface area contributed by atoms with Crippen LogP contribution >= 0.6 is 11.8 Å². The fraction of sp³-hybridized carbons (Fsp3) is 0.273. The minimum absolute atomic E-state index is 0.731. The third-order valence-corrected chi connectivity index (χ3v) is 2.86. The Hall–Kier alpha value is -1.09. The second kappa shape index (κ2) is 5.60. The number of allylic oxidation sites excluding steroid dienone is 1. The predicted molar refractivity (Wildman–Crippen MR) is 62.9 cm³/mol. The van der Waals surface area contributed by atoms with E-state index in [0.29, 0.717) is 0 Å². The molecule has 1 aromatic carbocycles. The van der Waals surface area contributed by atoms with Gasteiger partial charge >= 0.3 is 0 Å². The highest BCUT2D eigenvalue weighted by atomic mass is 32.2. The van der Waals surface area contributed by atoms with Crippen molar-refractivity contribution in [2.24, 2.45) is 0 Å². The number of hydrogen-bond donors (Lipinski definition) is 1. The van der Waals surface area contributed by atoms with Gasteiger partial charge in [0.05, 0.1) is 7.11 Å². The summed E-state index contributed by atoms with van der Waals surface area (Å²) in [6.07, 6.45) is 2.91. The van der Waals surface area contributed by atoms with Gasteiger partial charge < -0.3 is 10.5 Å². The number of ether oxygens (including phenoxy) is 1. The first-order valence-corrected chi connectivity index (χ1v) is 5.43. The van der Waals surface area contributed by atoms with E-state index in [0.717, 1.165) is 28.5 Å². The monoisotopic (exact) mass is 209 g/mol. The molecular formula is C11H15NOS. The topological polar surface area (TPSA) is 35.2 Å². The van der Waals surface area contributed by atoms with Crippen LogP contribution in [0.4, 0.5) is 5.69 Å². The van der Waals surface area contributed by atoms with Gasteiger partial charge in [-0.1, -0.05) is 6.08 Å². The van der Waals surface area contributed by atoms with Crippen LogP contribution in [0.25, 0.3) is 0 Å². The van der Waals surface area contributed by atoms with Crippen molar-refractivity contribution in [3.05, 3.63) is 30.9 Å². The zero-order valence-corrected chi connectivity index (χ0v) is 9.14. The van der Waals surface area contributed by atoms with E-state index in [1.165, 1.54) is 0 Å². The van der Waals surface area contributed by atoms with Gasteiger partial charge in [-0.25, -0.2) is 0 Å². The molecule has 0 aliphatic carbocycles. The fourth-order valence-electron chi connectivity index (χ4n) is 1.06. The molecule has 0 heterocycles. The standard InChI is InChI=1S/C11H15NOS/c1-3-4-7-14-11-6-5-9(12)8-10(11)13-2/h3,5-6,8H,1,4,7,12H2,2H3. The molecule has 0 amide bonds. The Balaban J connectivity index is 2.69. The first-order valence-electron chi connectivity index (χ1n) is 4.45. The van der Waals surface area contributed by atoms with Gasteiger partial charge in [0.2, 0.25) is 0 Å². The van der Waals surface area contributed by atoms with E-state index < -0.39 is 0 Å². The van der Waals surface area contributed by atoms with E-state index in [1.807, 2.05) is 24.3 Å². The average Bonchev–Trinajstić information content (AvgIpc) is 2.20. The molecular weight excluding hydrogens is 194 g/mol. The summed E-state index contributed by atoms with van der Waals surface area (Å²) in [6, 6.07) is 5.72. The van der Waals surface area contributed by atoms with Crippen molar-refractivity contribution in [3.8, 4) is 5.75 Å². The zero-order valence-electron chi connectivity index (χ0n) is 8.32. The van der Waals surface area contributed by atoms with Crippen molar-refractivity contribution in [2.45, 2.75) is 11.3 Å². The predicted octanol–water partition coefficient (Wildman–Crippen LogP) is 2.95. The molecule has 3 heteroatoms.